The zero-order valence-electron chi connectivity index (χ0n) is 17.6. The molecule has 4 rings (SSSR count). The highest BCUT2D eigenvalue weighted by atomic mass is 35.5. The summed E-state index contributed by atoms with van der Waals surface area (Å²) in [6.07, 6.45) is 1.07. The van der Waals surface area contributed by atoms with Gasteiger partial charge in [0.25, 0.3) is 0 Å². The first-order valence-corrected chi connectivity index (χ1v) is 12.2. The first-order valence-electron chi connectivity index (χ1n) is 9.95. The molecule has 1 aliphatic rings. The number of nitrogens with one attached hydrogen (secondary N) is 2. The van der Waals surface area contributed by atoms with Gasteiger partial charge in [0.1, 0.15) is 23.2 Å². The van der Waals surface area contributed by atoms with Crippen molar-refractivity contribution in [3.63, 3.8) is 0 Å². The van der Waals surface area contributed by atoms with Crippen LogP contribution in [-0.2, 0) is 14.8 Å². The smallest absolute Gasteiger partial charge is 0.325 e. The predicted octanol–water partition coefficient (Wildman–Crippen LogP) is 4.01. The molecule has 2 aromatic carbocycles. The molecule has 0 saturated carbocycles. The van der Waals surface area contributed by atoms with Gasteiger partial charge in [0.2, 0.25) is 10.0 Å². The van der Waals surface area contributed by atoms with Gasteiger partial charge in [0.15, 0.2) is 0 Å². The van der Waals surface area contributed by atoms with Crippen LogP contribution in [0.15, 0.2) is 48.5 Å². The van der Waals surface area contributed by atoms with Crippen LogP contribution in [0.1, 0.15) is 0 Å². The number of anilines is 4. The van der Waals surface area contributed by atoms with Crippen LogP contribution in [0.4, 0.5) is 27.4 Å². The molecule has 0 spiro atoms. The van der Waals surface area contributed by atoms with E-state index >= 15 is 0 Å². The average molecular weight is 494 g/mol. The number of halogens is 2. The number of morpholine rings is 1. The van der Waals surface area contributed by atoms with E-state index < -0.39 is 15.8 Å². The van der Waals surface area contributed by atoms with Crippen LogP contribution >= 0.6 is 11.6 Å². The quantitative estimate of drug-likeness (QED) is 0.508. The molecule has 0 bridgehead atoms. The third-order valence-electron chi connectivity index (χ3n) is 4.59. The highest BCUT2D eigenvalue weighted by molar-refractivity contribution is 7.92. The average Bonchev–Trinajstić information content (AvgIpc) is 2.77. The highest BCUT2D eigenvalue weighted by Crippen LogP contribution is 2.28. The molecule has 12 heteroatoms. The summed E-state index contributed by atoms with van der Waals surface area (Å²) in [5, 5.41) is 3.08. The van der Waals surface area contributed by atoms with Crippen LogP contribution in [0, 0.1) is 5.82 Å². The van der Waals surface area contributed by atoms with Gasteiger partial charge < -0.3 is 19.7 Å². The Bertz CT molecular complexity index is 1240. The normalized spacial score (nSPS) is 14.1. The fourth-order valence-corrected chi connectivity index (χ4v) is 3.85. The van der Waals surface area contributed by atoms with E-state index in [0.29, 0.717) is 55.1 Å². The van der Waals surface area contributed by atoms with Gasteiger partial charge in [-0.3, -0.25) is 4.72 Å². The van der Waals surface area contributed by atoms with Crippen molar-refractivity contribution >= 4 is 44.6 Å². The number of sulfonamides is 1. The Morgan fingerprint density at radius 2 is 1.76 bits per heavy atom. The standard InChI is InChI=1S/C21H21ClFN5O4S/c1-33(29,30)27-14-2-5-16(6-3-14)32-21-25-19(24-15-4-7-18(23)17(22)12-15)13-20(26-21)28-8-10-31-11-9-28/h2-7,12-13,27H,8-11H2,1H3,(H,24,25,26). The second kappa shape index (κ2) is 9.77. The molecule has 3 aromatic rings. The van der Waals surface area contributed by atoms with Crippen molar-refractivity contribution < 1.29 is 22.3 Å². The minimum Gasteiger partial charge on any atom is -0.424 e. The second-order valence-electron chi connectivity index (χ2n) is 7.25. The molecule has 1 fully saturated rings. The molecular weight excluding hydrogens is 473 g/mol. The molecule has 0 atom stereocenters. The van der Waals surface area contributed by atoms with Crippen molar-refractivity contribution in [1.29, 1.82) is 0 Å². The number of hydrogen-bond acceptors (Lipinski definition) is 8. The van der Waals surface area contributed by atoms with E-state index in [2.05, 4.69) is 20.0 Å². The summed E-state index contributed by atoms with van der Waals surface area (Å²) >= 11 is 5.89. The predicted molar refractivity (Wildman–Crippen MR) is 125 cm³/mol. The molecule has 0 unspecified atom stereocenters. The SMILES string of the molecule is CS(=O)(=O)Nc1ccc(Oc2nc(Nc3ccc(F)c(Cl)c3)cc(N3CCOCC3)n2)cc1. The molecule has 1 aromatic heterocycles. The topological polar surface area (TPSA) is 106 Å². The number of benzene rings is 2. The minimum absolute atomic E-state index is 0.0123. The van der Waals surface area contributed by atoms with Crippen molar-refractivity contribution in [2.24, 2.45) is 0 Å². The lowest BCUT2D eigenvalue weighted by Crippen LogP contribution is -2.36. The molecule has 2 N–H and O–H groups in total. The lowest BCUT2D eigenvalue weighted by molar-refractivity contribution is 0.122. The minimum atomic E-state index is -3.38. The summed E-state index contributed by atoms with van der Waals surface area (Å²) in [6.45, 7) is 2.46. The molecule has 2 heterocycles. The number of hydrogen-bond donors (Lipinski definition) is 2. The Morgan fingerprint density at radius 3 is 2.42 bits per heavy atom. The largest absolute Gasteiger partial charge is 0.424 e. The number of ether oxygens (including phenoxy) is 2. The van der Waals surface area contributed by atoms with Gasteiger partial charge in [-0.15, -0.1) is 0 Å². The Kier molecular flexibility index (Phi) is 6.82. The summed E-state index contributed by atoms with van der Waals surface area (Å²) in [5.41, 5.74) is 0.957. The van der Waals surface area contributed by atoms with Crippen molar-refractivity contribution in [3.8, 4) is 11.8 Å². The van der Waals surface area contributed by atoms with Gasteiger partial charge >= 0.3 is 6.01 Å². The molecule has 0 radical (unpaired) electrons. The molecule has 0 aliphatic carbocycles. The number of nitrogens with zero attached hydrogens (tertiary/aromatic N) is 3. The molecular formula is C21H21ClFN5O4S. The maximum absolute atomic E-state index is 13.5. The maximum atomic E-state index is 13.5. The van der Waals surface area contributed by atoms with Crippen LogP contribution in [0.25, 0.3) is 0 Å². The molecule has 33 heavy (non-hydrogen) atoms. The van der Waals surface area contributed by atoms with E-state index in [9.17, 15) is 12.8 Å². The lowest BCUT2D eigenvalue weighted by Gasteiger charge is -2.28. The van der Waals surface area contributed by atoms with Gasteiger partial charge in [0.05, 0.1) is 24.5 Å². The zero-order valence-corrected chi connectivity index (χ0v) is 19.2. The number of rotatable bonds is 7. The third kappa shape index (κ3) is 6.44. The van der Waals surface area contributed by atoms with Gasteiger partial charge in [-0.2, -0.15) is 9.97 Å². The summed E-state index contributed by atoms with van der Waals surface area (Å²) < 4.78 is 49.9. The van der Waals surface area contributed by atoms with Gasteiger partial charge in [-0.05, 0) is 42.5 Å². The first-order chi connectivity index (χ1) is 15.7. The molecule has 0 amide bonds. The Morgan fingerprint density at radius 1 is 1.06 bits per heavy atom. The zero-order chi connectivity index (χ0) is 23.4. The maximum Gasteiger partial charge on any atom is 0.325 e. The van der Waals surface area contributed by atoms with Crippen molar-refractivity contribution in [2.75, 3.05) is 47.5 Å². The van der Waals surface area contributed by atoms with Crippen molar-refractivity contribution in [2.45, 2.75) is 0 Å². The van der Waals surface area contributed by atoms with E-state index in [4.69, 9.17) is 21.1 Å². The first kappa shape index (κ1) is 23.0. The van der Waals surface area contributed by atoms with Gasteiger partial charge in [-0.1, -0.05) is 11.6 Å². The fourth-order valence-electron chi connectivity index (χ4n) is 3.11. The Balaban J connectivity index is 1.60. The van der Waals surface area contributed by atoms with Gasteiger partial charge in [-0.25, -0.2) is 12.8 Å². The van der Waals surface area contributed by atoms with Crippen LogP contribution in [0.3, 0.4) is 0 Å². The van der Waals surface area contributed by atoms with Crippen molar-refractivity contribution in [1.82, 2.24) is 9.97 Å². The van der Waals surface area contributed by atoms with E-state index in [-0.39, 0.29) is 11.0 Å². The summed E-state index contributed by atoms with van der Waals surface area (Å²) in [7, 11) is -3.38. The second-order valence-corrected chi connectivity index (χ2v) is 9.40. The lowest BCUT2D eigenvalue weighted by atomic mass is 10.3. The van der Waals surface area contributed by atoms with E-state index in [1.807, 2.05) is 4.90 Å². The molecule has 9 nitrogen and oxygen atoms in total. The van der Waals surface area contributed by atoms with Crippen LogP contribution in [0.5, 0.6) is 11.8 Å². The van der Waals surface area contributed by atoms with Gasteiger partial charge in [0, 0.05) is 30.5 Å². The Hall–Kier alpha value is -3.15. The molecule has 174 valence electrons. The number of aromatic nitrogens is 2. The summed E-state index contributed by atoms with van der Waals surface area (Å²) in [5.74, 6) is 0.967. The van der Waals surface area contributed by atoms with E-state index in [1.54, 1.807) is 36.4 Å². The summed E-state index contributed by atoms with van der Waals surface area (Å²) in [4.78, 5) is 11.0. The van der Waals surface area contributed by atoms with Crippen LogP contribution in [-0.4, -0.2) is 50.9 Å². The van der Waals surface area contributed by atoms with Crippen molar-refractivity contribution in [3.05, 3.63) is 59.4 Å². The van der Waals surface area contributed by atoms with E-state index in [0.717, 1.165) is 6.26 Å². The molecule has 1 saturated heterocycles. The van der Waals surface area contributed by atoms with E-state index in [1.165, 1.54) is 12.1 Å². The highest BCUT2D eigenvalue weighted by Gasteiger charge is 2.16. The fraction of sp³-hybridized carbons (Fsp3) is 0.238. The molecule has 1 aliphatic heterocycles. The summed E-state index contributed by atoms with van der Waals surface area (Å²) in [6, 6.07) is 12.5. The monoisotopic (exact) mass is 493 g/mol. The van der Waals surface area contributed by atoms with Crippen LogP contribution in [0.2, 0.25) is 5.02 Å². The van der Waals surface area contributed by atoms with Crippen LogP contribution < -0.4 is 19.7 Å². The third-order valence-corrected chi connectivity index (χ3v) is 5.48. The Labute approximate surface area is 195 Å².